The molecule has 2 unspecified atom stereocenters. The maximum Gasteiger partial charge on any atom is 0.303 e. The number of aromatic amines is 1. The number of benzene rings is 1. The van der Waals surface area contributed by atoms with Crippen LogP contribution in [0.5, 0.6) is 0 Å². The molecule has 1 aliphatic rings. The molecule has 2 aromatic rings. The highest BCUT2D eigenvalue weighted by Crippen LogP contribution is 2.43. The molecule has 2 N–H and O–H groups in total. The molecular weight excluding hydrogens is 226 g/mol. The normalized spacial score (nSPS) is 23.6. The Balaban J connectivity index is 1.96. The topological polar surface area (TPSA) is 53.1 Å². The summed E-state index contributed by atoms with van der Waals surface area (Å²) in [5.41, 5.74) is 2.45. The van der Waals surface area contributed by atoms with Crippen LogP contribution in [-0.2, 0) is 4.79 Å². The summed E-state index contributed by atoms with van der Waals surface area (Å²) in [6.07, 6.45) is 5.65. The number of hydrogen-bond donors (Lipinski definition) is 2. The van der Waals surface area contributed by atoms with Gasteiger partial charge in [0.05, 0.1) is 0 Å². The van der Waals surface area contributed by atoms with Crippen molar-refractivity contribution in [1.29, 1.82) is 0 Å². The quantitative estimate of drug-likeness (QED) is 0.866. The van der Waals surface area contributed by atoms with Gasteiger partial charge in [-0.15, -0.1) is 0 Å². The van der Waals surface area contributed by atoms with Crippen molar-refractivity contribution in [3.05, 3.63) is 36.0 Å². The number of rotatable bonds is 3. The van der Waals surface area contributed by atoms with Crippen molar-refractivity contribution in [1.82, 2.24) is 4.98 Å². The molecule has 1 fully saturated rings. The van der Waals surface area contributed by atoms with Crippen molar-refractivity contribution in [2.75, 3.05) is 0 Å². The minimum absolute atomic E-state index is 0.293. The monoisotopic (exact) mass is 243 g/mol. The molecule has 18 heavy (non-hydrogen) atoms. The van der Waals surface area contributed by atoms with Gasteiger partial charge < -0.3 is 10.1 Å². The van der Waals surface area contributed by atoms with Gasteiger partial charge in [0.2, 0.25) is 0 Å². The van der Waals surface area contributed by atoms with Gasteiger partial charge in [0.1, 0.15) is 0 Å². The van der Waals surface area contributed by atoms with Gasteiger partial charge in [-0.05, 0) is 36.3 Å². The van der Waals surface area contributed by atoms with E-state index in [0.29, 0.717) is 18.3 Å². The average Bonchev–Trinajstić information content (AvgIpc) is 2.94. The fourth-order valence-electron chi connectivity index (χ4n) is 3.32. The molecule has 0 aliphatic heterocycles. The maximum absolute atomic E-state index is 10.9. The number of aromatic nitrogens is 1. The van der Waals surface area contributed by atoms with E-state index in [1.54, 1.807) is 0 Å². The van der Waals surface area contributed by atoms with E-state index < -0.39 is 5.97 Å². The van der Waals surface area contributed by atoms with Crippen LogP contribution in [0.1, 0.15) is 37.2 Å². The summed E-state index contributed by atoms with van der Waals surface area (Å²) >= 11 is 0. The highest BCUT2D eigenvalue weighted by atomic mass is 16.4. The first-order valence-electron chi connectivity index (χ1n) is 6.53. The largest absolute Gasteiger partial charge is 0.481 e. The van der Waals surface area contributed by atoms with Crippen LogP contribution in [0.2, 0.25) is 0 Å². The van der Waals surface area contributed by atoms with Gasteiger partial charge in [-0.2, -0.15) is 0 Å². The van der Waals surface area contributed by atoms with E-state index in [-0.39, 0.29) is 0 Å². The summed E-state index contributed by atoms with van der Waals surface area (Å²) in [4.78, 5) is 14.2. The molecule has 0 amide bonds. The van der Waals surface area contributed by atoms with Crippen LogP contribution in [0.4, 0.5) is 0 Å². The average molecular weight is 243 g/mol. The Kier molecular flexibility index (Phi) is 2.82. The molecule has 3 rings (SSSR count). The van der Waals surface area contributed by atoms with Gasteiger partial charge in [0.15, 0.2) is 0 Å². The minimum Gasteiger partial charge on any atom is -0.481 e. The lowest BCUT2D eigenvalue weighted by Gasteiger charge is -2.17. The van der Waals surface area contributed by atoms with Crippen LogP contribution in [-0.4, -0.2) is 16.1 Å². The Morgan fingerprint density at radius 3 is 3.00 bits per heavy atom. The number of hydrogen-bond acceptors (Lipinski definition) is 1. The number of carboxylic acids is 1. The molecule has 94 valence electrons. The van der Waals surface area contributed by atoms with Crippen LogP contribution < -0.4 is 0 Å². The zero-order valence-corrected chi connectivity index (χ0v) is 10.2. The molecule has 3 heteroatoms. The molecule has 3 nitrogen and oxygen atoms in total. The minimum atomic E-state index is -0.674. The zero-order chi connectivity index (χ0) is 12.5. The number of para-hydroxylation sites is 1. The first kappa shape index (κ1) is 11.3. The van der Waals surface area contributed by atoms with E-state index in [1.165, 1.54) is 10.9 Å². The molecular formula is C15H17NO2. The van der Waals surface area contributed by atoms with E-state index in [9.17, 15) is 4.79 Å². The predicted molar refractivity (Wildman–Crippen MR) is 70.6 cm³/mol. The highest BCUT2D eigenvalue weighted by molar-refractivity contribution is 5.83. The van der Waals surface area contributed by atoms with E-state index in [0.717, 1.165) is 24.8 Å². The second kappa shape index (κ2) is 4.48. The molecule has 1 saturated carbocycles. The zero-order valence-electron chi connectivity index (χ0n) is 10.2. The van der Waals surface area contributed by atoms with Gasteiger partial charge in [0.25, 0.3) is 0 Å². The molecule has 1 heterocycles. The first-order valence-corrected chi connectivity index (χ1v) is 6.53. The second-order valence-electron chi connectivity index (χ2n) is 5.18. The summed E-state index contributed by atoms with van der Waals surface area (Å²) in [5.74, 6) is 0.0192. The van der Waals surface area contributed by atoms with Crippen molar-refractivity contribution in [2.45, 2.75) is 31.6 Å². The Morgan fingerprint density at radius 1 is 1.33 bits per heavy atom. The molecule has 0 radical (unpaired) electrons. The third-order valence-corrected chi connectivity index (χ3v) is 4.12. The molecule has 1 aliphatic carbocycles. The van der Waals surface area contributed by atoms with Crippen molar-refractivity contribution in [3.8, 4) is 0 Å². The molecule has 2 atom stereocenters. The fourth-order valence-corrected chi connectivity index (χ4v) is 3.32. The molecule has 1 aromatic heterocycles. The van der Waals surface area contributed by atoms with Crippen LogP contribution >= 0.6 is 0 Å². The summed E-state index contributed by atoms with van der Waals surface area (Å²) in [6, 6.07) is 8.25. The number of carbonyl (C=O) groups is 1. The Morgan fingerprint density at radius 2 is 2.17 bits per heavy atom. The Labute approximate surface area is 106 Å². The number of fused-ring (bicyclic) bond motifs is 1. The number of aliphatic carboxylic acids is 1. The van der Waals surface area contributed by atoms with Crippen molar-refractivity contribution in [2.24, 2.45) is 5.92 Å². The van der Waals surface area contributed by atoms with E-state index in [4.69, 9.17) is 5.11 Å². The number of H-pyrrole nitrogens is 1. The Bertz CT molecular complexity index is 573. The van der Waals surface area contributed by atoms with Gasteiger partial charge in [0, 0.05) is 23.5 Å². The molecule has 0 bridgehead atoms. The highest BCUT2D eigenvalue weighted by Gasteiger charge is 2.31. The number of nitrogens with one attached hydrogen (secondary N) is 1. The molecule has 0 spiro atoms. The SMILES string of the molecule is O=C(O)CC1CCCC1c1c[nH]c2ccccc12. The lowest BCUT2D eigenvalue weighted by molar-refractivity contribution is -0.138. The summed E-state index contributed by atoms with van der Waals surface area (Å²) in [6.45, 7) is 0. The van der Waals surface area contributed by atoms with Gasteiger partial charge in [-0.1, -0.05) is 24.6 Å². The van der Waals surface area contributed by atoms with Gasteiger partial charge in [-0.3, -0.25) is 4.79 Å². The lowest BCUT2D eigenvalue weighted by Crippen LogP contribution is -2.11. The second-order valence-corrected chi connectivity index (χ2v) is 5.18. The van der Waals surface area contributed by atoms with Crippen molar-refractivity contribution in [3.63, 3.8) is 0 Å². The maximum atomic E-state index is 10.9. The summed E-state index contributed by atoms with van der Waals surface area (Å²) in [5, 5.41) is 10.2. The molecule has 1 aromatic carbocycles. The number of carboxylic acid groups (broad SMARTS) is 1. The van der Waals surface area contributed by atoms with Crippen LogP contribution in [0.25, 0.3) is 10.9 Å². The van der Waals surface area contributed by atoms with Crippen LogP contribution in [0, 0.1) is 5.92 Å². The van der Waals surface area contributed by atoms with E-state index in [1.807, 2.05) is 12.1 Å². The standard InChI is InChI=1S/C15H17NO2/c17-15(18)8-10-4-3-6-11(10)13-9-16-14-7-2-1-5-12(13)14/h1-2,5,7,9-11,16H,3-4,6,8H2,(H,17,18). The van der Waals surface area contributed by atoms with Gasteiger partial charge in [-0.25, -0.2) is 0 Å². The third kappa shape index (κ3) is 1.90. The van der Waals surface area contributed by atoms with E-state index in [2.05, 4.69) is 23.3 Å². The Hall–Kier alpha value is -1.77. The summed E-state index contributed by atoms with van der Waals surface area (Å²) < 4.78 is 0. The predicted octanol–water partition coefficient (Wildman–Crippen LogP) is 3.53. The third-order valence-electron chi connectivity index (χ3n) is 4.12. The van der Waals surface area contributed by atoms with Crippen LogP contribution in [0.3, 0.4) is 0 Å². The fraction of sp³-hybridized carbons (Fsp3) is 0.400. The first-order chi connectivity index (χ1) is 8.75. The lowest BCUT2D eigenvalue weighted by atomic mass is 9.86. The molecule has 0 saturated heterocycles. The van der Waals surface area contributed by atoms with Crippen LogP contribution in [0.15, 0.2) is 30.5 Å². The van der Waals surface area contributed by atoms with Crippen molar-refractivity contribution >= 4 is 16.9 Å². The van der Waals surface area contributed by atoms with Crippen molar-refractivity contribution < 1.29 is 9.90 Å². The smallest absolute Gasteiger partial charge is 0.303 e. The van der Waals surface area contributed by atoms with Gasteiger partial charge >= 0.3 is 5.97 Å². The summed E-state index contributed by atoms with van der Waals surface area (Å²) in [7, 11) is 0. The van der Waals surface area contributed by atoms with E-state index >= 15 is 0 Å².